The van der Waals surface area contributed by atoms with Crippen molar-refractivity contribution < 1.29 is 32.2 Å². The second-order valence-corrected chi connectivity index (χ2v) is 7.63. The van der Waals surface area contributed by atoms with Crippen molar-refractivity contribution in [2.45, 2.75) is 24.7 Å². The fraction of sp³-hybridized carbons (Fsp3) is 0.304. The van der Waals surface area contributed by atoms with Crippen molar-refractivity contribution in [1.82, 2.24) is 9.78 Å². The maximum Gasteiger partial charge on any atom is 0.410 e. The van der Waals surface area contributed by atoms with Gasteiger partial charge in [0.05, 0.1) is 27.4 Å². The molecule has 0 radical (unpaired) electrons. The average molecular weight is 476 g/mol. The fourth-order valence-electron chi connectivity index (χ4n) is 3.94. The monoisotopic (exact) mass is 476 g/mol. The zero-order valence-electron chi connectivity index (χ0n) is 18.6. The number of ether oxygens (including phenoxy) is 3. The summed E-state index contributed by atoms with van der Waals surface area (Å²) in [5.74, 6) is 0.383. The highest BCUT2D eigenvalue weighted by atomic mass is 19.4. The number of fused-ring (bicyclic) bond motifs is 1. The lowest BCUT2D eigenvalue weighted by atomic mass is 9.97. The predicted octanol–water partition coefficient (Wildman–Crippen LogP) is 4.82. The van der Waals surface area contributed by atoms with E-state index in [0.29, 0.717) is 28.5 Å². The Morgan fingerprint density at radius 2 is 1.71 bits per heavy atom. The van der Waals surface area contributed by atoms with Gasteiger partial charge in [0.15, 0.2) is 23.2 Å². The number of rotatable bonds is 6. The molecule has 2 aromatic carbocycles. The summed E-state index contributed by atoms with van der Waals surface area (Å²) >= 11 is 0. The number of nitrogens with one attached hydrogen (secondary N) is 2. The van der Waals surface area contributed by atoms with E-state index in [-0.39, 0.29) is 17.9 Å². The van der Waals surface area contributed by atoms with Gasteiger partial charge in [0, 0.05) is 30.3 Å². The Morgan fingerprint density at radius 1 is 1.06 bits per heavy atom. The molecule has 0 bridgehead atoms. The molecule has 34 heavy (non-hydrogen) atoms. The Hall–Kier alpha value is -3.89. The molecule has 0 saturated carbocycles. The van der Waals surface area contributed by atoms with Gasteiger partial charge in [-0.05, 0) is 5.56 Å². The quantitative estimate of drug-likeness (QED) is 0.531. The molecule has 0 fully saturated rings. The molecule has 0 unspecified atom stereocenters. The van der Waals surface area contributed by atoms with Crippen molar-refractivity contribution in [2.75, 3.05) is 32.0 Å². The number of amides is 1. The highest BCUT2D eigenvalue weighted by molar-refractivity contribution is 6.03. The molecule has 0 saturated heterocycles. The van der Waals surface area contributed by atoms with Gasteiger partial charge in [-0.1, -0.05) is 30.3 Å². The number of alkyl halides is 3. The Labute approximate surface area is 193 Å². The van der Waals surface area contributed by atoms with E-state index >= 15 is 0 Å². The highest BCUT2D eigenvalue weighted by Crippen LogP contribution is 2.44. The van der Waals surface area contributed by atoms with Gasteiger partial charge in [-0.2, -0.15) is 18.3 Å². The summed E-state index contributed by atoms with van der Waals surface area (Å²) in [6.07, 6.45) is -4.80. The molecule has 3 aromatic rings. The molecule has 180 valence electrons. The molecular formula is C23H23F3N4O4. The average Bonchev–Trinajstić information content (AvgIpc) is 3.27. The predicted molar refractivity (Wildman–Crippen MR) is 119 cm³/mol. The topological polar surface area (TPSA) is 86.6 Å². The third-order valence-electron chi connectivity index (χ3n) is 5.55. The van der Waals surface area contributed by atoms with E-state index in [1.54, 1.807) is 30.3 Å². The van der Waals surface area contributed by atoms with Crippen molar-refractivity contribution in [1.29, 1.82) is 0 Å². The minimum atomic E-state index is -4.54. The standard InChI is InChI=1S/C23H23F3N4O4/c1-32-17-9-14(10-18(33-2)21(17)34-3)27-22(31)16-12-20-28-15(13-7-5-4-6-8-13)11-19(23(24,25)26)30(20)29-16/h4-10,12,15,19,28H,11H2,1-3H3,(H,27,31)/t15-,19+/m1/s1. The molecule has 11 heteroatoms. The van der Waals surface area contributed by atoms with Crippen LogP contribution in [0.4, 0.5) is 24.7 Å². The van der Waals surface area contributed by atoms with Crippen LogP contribution < -0.4 is 24.8 Å². The van der Waals surface area contributed by atoms with E-state index in [1.165, 1.54) is 39.5 Å². The van der Waals surface area contributed by atoms with E-state index in [2.05, 4.69) is 15.7 Å². The molecule has 0 spiro atoms. The van der Waals surface area contributed by atoms with Gasteiger partial charge < -0.3 is 24.8 Å². The number of methoxy groups -OCH3 is 3. The summed E-state index contributed by atoms with van der Waals surface area (Å²) in [6, 6.07) is 10.7. The molecule has 2 heterocycles. The minimum absolute atomic E-state index is 0.109. The lowest BCUT2D eigenvalue weighted by Gasteiger charge is -2.33. The number of aromatic nitrogens is 2. The third-order valence-corrected chi connectivity index (χ3v) is 5.55. The number of nitrogens with zero attached hydrogens (tertiary/aromatic N) is 2. The molecule has 2 N–H and O–H groups in total. The van der Waals surface area contributed by atoms with Crippen molar-refractivity contribution in [3.63, 3.8) is 0 Å². The molecule has 4 rings (SSSR count). The fourth-order valence-corrected chi connectivity index (χ4v) is 3.94. The van der Waals surface area contributed by atoms with E-state index < -0.39 is 24.2 Å². The van der Waals surface area contributed by atoms with Crippen molar-refractivity contribution in [3.05, 3.63) is 59.8 Å². The van der Waals surface area contributed by atoms with Crippen LogP contribution in [-0.4, -0.2) is 43.2 Å². The van der Waals surface area contributed by atoms with Gasteiger partial charge in [-0.3, -0.25) is 4.79 Å². The second-order valence-electron chi connectivity index (χ2n) is 7.63. The highest BCUT2D eigenvalue weighted by Gasteiger charge is 2.46. The van der Waals surface area contributed by atoms with Crippen LogP contribution in [0.15, 0.2) is 48.5 Å². The lowest BCUT2D eigenvalue weighted by molar-refractivity contribution is -0.173. The summed E-state index contributed by atoms with van der Waals surface area (Å²) < 4.78 is 58.2. The summed E-state index contributed by atoms with van der Waals surface area (Å²) in [7, 11) is 4.30. The normalized spacial score (nSPS) is 17.4. The van der Waals surface area contributed by atoms with E-state index in [4.69, 9.17) is 14.2 Å². The van der Waals surface area contributed by atoms with Gasteiger partial charge in [-0.25, -0.2) is 4.68 Å². The second kappa shape index (κ2) is 9.16. The maximum atomic E-state index is 13.9. The van der Waals surface area contributed by atoms with Crippen LogP contribution in [-0.2, 0) is 0 Å². The molecule has 0 aliphatic carbocycles. The van der Waals surface area contributed by atoms with Crippen LogP contribution in [0.2, 0.25) is 0 Å². The Bertz CT molecular complexity index is 1160. The first kappa shape index (κ1) is 23.3. The van der Waals surface area contributed by atoms with Crippen molar-refractivity contribution in [3.8, 4) is 17.2 Å². The smallest absolute Gasteiger partial charge is 0.410 e. The zero-order chi connectivity index (χ0) is 24.5. The molecular weight excluding hydrogens is 453 g/mol. The number of hydrogen-bond donors (Lipinski definition) is 2. The molecule has 1 aromatic heterocycles. The van der Waals surface area contributed by atoms with Crippen molar-refractivity contribution in [2.24, 2.45) is 0 Å². The van der Waals surface area contributed by atoms with E-state index in [1.807, 2.05) is 0 Å². The maximum absolute atomic E-state index is 13.9. The molecule has 1 amide bonds. The zero-order valence-corrected chi connectivity index (χ0v) is 18.6. The van der Waals surface area contributed by atoms with Crippen LogP contribution >= 0.6 is 0 Å². The Morgan fingerprint density at radius 3 is 2.26 bits per heavy atom. The van der Waals surface area contributed by atoms with E-state index in [0.717, 1.165) is 4.68 Å². The number of benzene rings is 2. The first-order valence-corrected chi connectivity index (χ1v) is 10.3. The number of carbonyl (C=O) groups is 1. The number of halogens is 3. The van der Waals surface area contributed by atoms with Gasteiger partial charge >= 0.3 is 6.18 Å². The van der Waals surface area contributed by atoms with Crippen LogP contribution in [0.1, 0.15) is 34.6 Å². The molecule has 8 nitrogen and oxygen atoms in total. The van der Waals surface area contributed by atoms with Crippen LogP contribution in [0.25, 0.3) is 0 Å². The SMILES string of the molecule is COc1cc(NC(=O)c2cc3n(n2)[C@H](C(F)(F)F)C[C@H](c2ccccc2)N3)cc(OC)c1OC. The summed E-state index contributed by atoms with van der Waals surface area (Å²) in [4.78, 5) is 12.9. The largest absolute Gasteiger partial charge is 0.493 e. The minimum Gasteiger partial charge on any atom is -0.493 e. The molecule has 1 aliphatic rings. The van der Waals surface area contributed by atoms with Crippen molar-refractivity contribution >= 4 is 17.4 Å². The third kappa shape index (κ3) is 4.45. The van der Waals surface area contributed by atoms with E-state index in [9.17, 15) is 18.0 Å². The van der Waals surface area contributed by atoms with Crippen LogP contribution in [0.5, 0.6) is 17.2 Å². The van der Waals surface area contributed by atoms with Gasteiger partial charge in [0.25, 0.3) is 5.91 Å². The Balaban J connectivity index is 1.64. The van der Waals surface area contributed by atoms with Gasteiger partial charge in [0.2, 0.25) is 5.75 Å². The number of carbonyl (C=O) groups excluding carboxylic acids is 1. The molecule has 2 atom stereocenters. The van der Waals surface area contributed by atoms with Crippen LogP contribution in [0.3, 0.4) is 0 Å². The van der Waals surface area contributed by atoms with Gasteiger partial charge in [-0.15, -0.1) is 0 Å². The summed E-state index contributed by atoms with van der Waals surface area (Å²) in [6.45, 7) is 0. The number of hydrogen-bond acceptors (Lipinski definition) is 6. The number of anilines is 2. The lowest BCUT2D eigenvalue weighted by Crippen LogP contribution is -2.35. The van der Waals surface area contributed by atoms with Gasteiger partial charge in [0.1, 0.15) is 5.82 Å². The first-order valence-electron chi connectivity index (χ1n) is 10.3. The Kier molecular flexibility index (Phi) is 6.27. The summed E-state index contributed by atoms with van der Waals surface area (Å²) in [5, 5.41) is 9.67. The first-order chi connectivity index (χ1) is 16.2. The summed E-state index contributed by atoms with van der Waals surface area (Å²) in [5.41, 5.74) is 0.847. The molecule has 1 aliphatic heterocycles. The van der Waals surface area contributed by atoms with Crippen LogP contribution in [0, 0.1) is 0 Å².